The molecular formula is C40H43N11O4. The summed E-state index contributed by atoms with van der Waals surface area (Å²) >= 11 is 0. The van der Waals surface area contributed by atoms with Gasteiger partial charge in [0.05, 0.1) is 34.5 Å². The van der Waals surface area contributed by atoms with Gasteiger partial charge >= 0.3 is 5.69 Å². The van der Waals surface area contributed by atoms with E-state index in [9.17, 15) is 19.5 Å². The summed E-state index contributed by atoms with van der Waals surface area (Å²) in [4.78, 5) is 53.4. The minimum Gasteiger partial charge on any atom is -0.507 e. The van der Waals surface area contributed by atoms with Crippen LogP contribution in [0, 0.1) is 11.8 Å². The van der Waals surface area contributed by atoms with Gasteiger partial charge in [-0.1, -0.05) is 30.0 Å². The highest BCUT2D eigenvalue weighted by Crippen LogP contribution is 2.38. The smallest absolute Gasteiger partial charge is 0.329 e. The number of nitrogen functional groups attached to an aromatic ring is 1. The summed E-state index contributed by atoms with van der Waals surface area (Å²) in [6.45, 7) is 2.92. The van der Waals surface area contributed by atoms with Gasteiger partial charge < -0.3 is 20.6 Å². The summed E-state index contributed by atoms with van der Waals surface area (Å²) in [6.07, 6.45) is 7.88. The van der Waals surface area contributed by atoms with Gasteiger partial charge in [-0.15, -0.1) is 10.2 Å². The topological polar surface area (TPSA) is 181 Å². The van der Waals surface area contributed by atoms with Gasteiger partial charge in [0.25, 0.3) is 0 Å². The maximum Gasteiger partial charge on any atom is 0.329 e. The van der Waals surface area contributed by atoms with Gasteiger partial charge in [0.1, 0.15) is 11.8 Å². The third-order valence-corrected chi connectivity index (χ3v) is 10.9. The lowest BCUT2D eigenvalue weighted by Crippen LogP contribution is -2.54. The van der Waals surface area contributed by atoms with Gasteiger partial charge in [0, 0.05) is 56.6 Å². The zero-order valence-corrected chi connectivity index (χ0v) is 30.9. The van der Waals surface area contributed by atoms with E-state index in [4.69, 9.17) is 15.7 Å². The van der Waals surface area contributed by atoms with Crippen LogP contribution in [-0.4, -0.2) is 96.4 Å². The van der Waals surface area contributed by atoms with Crippen molar-refractivity contribution >= 4 is 40.3 Å². The molecule has 0 spiro atoms. The van der Waals surface area contributed by atoms with Crippen molar-refractivity contribution in [1.82, 2.24) is 39.5 Å². The van der Waals surface area contributed by atoms with Crippen molar-refractivity contribution in [1.29, 1.82) is 0 Å². The molecule has 3 aromatic heterocycles. The maximum atomic E-state index is 13.1. The Kier molecular flexibility index (Phi) is 9.66. The molecule has 0 radical (unpaired) electrons. The molecule has 3 unspecified atom stereocenters. The summed E-state index contributed by atoms with van der Waals surface area (Å²) in [5.41, 5.74) is 11.4. The number of carbonyl (C=O) groups is 2. The number of benzene rings is 2. The van der Waals surface area contributed by atoms with Crippen molar-refractivity contribution in [3.05, 3.63) is 82.5 Å². The van der Waals surface area contributed by atoms with Crippen molar-refractivity contribution in [3.8, 4) is 28.8 Å². The molecule has 15 nitrogen and oxygen atoms in total. The van der Waals surface area contributed by atoms with Crippen LogP contribution in [0.4, 0.5) is 17.5 Å². The maximum absolute atomic E-state index is 13.1. The van der Waals surface area contributed by atoms with Crippen LogP contribution in [-0.2, 0) is 23.1 Å². The Hall–Kier alpha value is -6.27. The number of fused-ring (bicyclic) bond motifs is 3. The number of aryl methyl sites for hydroxylation is 2. The molecule has 6 heterocycles. The number of aromatic hydroxyl groups is 1. The van der Waals surface area contributed by atoms with Gasteiger partial charge in [0.15, 0.2) is 5.82 Å². The van der Waals surface area contributed by atoms with Crippen LogP contribution in [0.3, 0.4) is 0 Å². The lowest BCUT2D eigenvalue weighted by molar-refractivity contribution is -0.135. The van der Waals surface area contributed by atoms with Gasteiger partial charge in [-0.2, -0.15) is 0 Å². The fourth-order valence-electron chi connectivity index (χ4n) is 8.11. The Morgan fingerprint density at radius 3 is 2.49 bits per heavy atom. The lowest BCUT2D eigenvalue weighted by Gasteiger charge is -2.42. The number of phenolic OH excluding ortho intramolecular Hbond substituents is 1. The van der Waals surface area contributed by atoms with Crippen LogP contribution in [0.15, 0.2) is 65.7 Å². The first-order valence-corrected chi connectivity index (χ1v) is 18.6. The molecule has 282 valence electrons. The Morgan fingerprint density at radius 1 is 0.982 bits per heavy atom. The number of para-hydroxylation sites is 1. The monoisotopic (exact) mass is 741 g/mol. The van der Waals surface area contributed by atoms with Crippen LogP contribution in [0.5, 0.6) is 5.75 Å². The highest BCUT2D eigenvalue weighted by atomic mass is 16.3. The van der Waals surface area contributed by atoms with E-state index < -0.39 is 11.9 Å². The van der Waals surface area contributed by atoms with Gasteiger partial charge in [0.2, 0.25) is 17.8 Å². The number of piperidine rings is 1. The van der Waals surface area contributed by atoms with Crippen LogP contribution in [0.25, 0.3) is 22.3 Å². The van der Waals surface area contributed by atoms with E-state index in [2.05, 4.69) is 42.1 Å². The molecule has 5 aromatic rings. The molecule has 2 amide bonds. The van der Waals surface area contributed by atoms with E-state index in [-0.39, 0.29) is 35.9 Å². The molecule has 8 rings (SSSR count). The summed E-state index contributed by atoms with van der Waals surface area (Å²) < 4.78 is 3.07. The van der Waals surface area contributed by atoms with Crippen LogP contribution in [0.1, 0.15) is 49.3 Å². The average molecular weight is 742 g/mol. The third-order valence-electron chi connectivity index (χ3n) is 10.9. The summed E-state index contributed by atoms with van der Waals surface area (Å²) in [6, 6.07) is 14.6. The number of hydrogen-bond acceptors (Lipinski definition) is 12. The first-order valence-electron chi connectivity index (χ1n) is 18.6. The van der Waals surface area contributed by atoms with Gasteiger partial charge in [-0.3, -0.25) is 28.9 Å². The van der Waals surface area contributed by atoms with Crippen molar-refractivity contribution in [2.75, 3.05) is 48.8 Å². The minimum atomic E-state index is -0.693. The molecule has 3 atom stereocenters. The quantitative estimate of drug-likeness (QED) is 0.149. The lowest BCUT2D eigenvalue weighted by atomic mass is 10.1. The van der Waals surface area contributed by atoms with Crippen molar-refractivity contribution in [2.45, 2.75) is 56.7 Å². The molecule has 3 fully saturated rings. The molecule has 2 aromatic carbocycles. The number of rotatable bonds is 9. The van der Waals surface area contributed by atoms with Crippen LogP contribution >= 0.6 is 0 Å². The van der Waals surface area contributed by atoms with Crippen molar-refractivity contribution < 1.29 is 14.7 Å². The fourth-order valence-corrected chi connectivity index (χ4v) is 8.11. The SMILES string of the molecule is CN(CC#Cc1cnc(N2C3CCC2CN(c2cc(-c4ccccc4O)nnc2N)C3)nc1)CCCc1ccc2c(c1)n(C)c(=O)n2C1CCC(=O)NC1=O. The molecule has 2 bridgehead atoms. The third kappa shape index (κ3) is 7.08. The fraction of sp³-hybridized carbons (Fsp3) is 0.375. The Balaban J connectivity index is 0.842. The van der Waals surface area contributed by atoms with E-state index in [1.807, 2.05) is 43.4 Å². The minimum absolute atomic E-state index is 0.149. The van der Waals surface area contributed by atoms with Gasteiger partial charge in [-0.05, 0) is 81.6 Å². The van der Waals surface area contributed by atoms with Crippen molar-refractivity contribution in [3.63, 3.8) is 0 Å². The zero-order chi connectivity index (χ0) is 38.2. The standard InChI is InChI=1S/C40H43N11O4/c1-47(17-5-7-25-11-14-31-33(19-25)48(2)40(55)51(31)32-15-16-36(53)44-38(32)54)18-6-8-26-21-42-39(43-22-26)50-27-12-13-28(50)24-49(23-27)34-20-30(45-46-37(34)41)29-9-3-4-10-35(29)52/h3-4,9-11,14,19-22,27-28,32,52H,5,7,12-13,15-18,23-24H2,1-2H3,(H2,41,46)(H,44,53,54). The van der Waals surface area contributed by atoms with Crippen LogP contribution in [0.2, 0.25) is 0 Å². The number of piperazine rings is 1. The summed E-state index contributed by atoms with van der Waals surface area (Å²) in [5, 5.41) is 21.2. The number of nitrogens with two attached hydrogens (primary N) is 1. The molecule has 3 saturated heterocycles. The molecule has 55 heavy (non-hydrogen) atoms. The highest BCUT2D eigenvalue weighted by molar-refractivity contribution is 6.00. The molecule has 4 N–H and O–H groups in total. The molecule has 0 aliphatic carbocycles. The normalized spacial score (nSPS) is 19.5. The predicted octanol–water partition coefficient (Wildman–Crippen LogP) is 2.63. The van der Waals surface area contributed by atoms with E-state index >= 15 is 0 Å². The number of carbonyl (C=O) groups excluding carboxylic acids is 2. The Labute approximate surface area is 317 Å². The van der Waals surface area contributed by atoms with Crippen molar-refractivity contribution in [2.24, 2.45) is 7.05 Å². The number of imidazole rings is 1. The van der Waals surface area contributed by atoms with Crippen LogP contribution < -0.4 is 26.5 Å². The number of hydrogen-bond donors (Lipinski definition) is 3. The Morgan fingerprint density at radius 2 is 1.75 bits per heavy atom. The molecule has 15 heteroatoms. The first-order chi connectivity index (χ1) is 26.6. The number of aromatic nitrogens is 6. The number of imide groups is 1. The second-order valence-electron chi connectivity index (χ2n) is 14.6. The molecule has 3 aliphatic heterocycles. The highest BCUT2D eigenvalue weighted by Gasteiger charge is 2.42. The van der Waals surface area contributed by atoms with Gasteiger partial charge in [-0.25, -0.2) is 14.8 Å². The van der Waals surface area contributed by atoms with E-state index in [1.165, 1.54) is 4.57 Å². The second-order valence-corrected chi connectivity index (χ2v) is 14.6. The number of amides is 2. The molecular weight excluding hydrogens is 699 g/mol. The second kappa shape index (κ2) is 14.9. The number of nitrogens with zero attached hydrogens (tertiary/aromatic N) is 9. The summed E-state index contributed by atoms with van der Waals surface area (Å²) in [5.74, 6) is 6.93. The first kappa shape index (κ1) is 35.7. The average Bonchev–Trinajstić information content (AvgIpc) is 3.58. The zero-order valence-electron chi connectivity index (χ0n) is 30.9. The molecule has 0 saturated carbocycles. The number of anilines is 3. The predicted molar refractivity (Wildman–Crippen MR) is 208 cm³/mol. The number of nitrogens with one attached hydrogen (secondary N) is 1. The van der Waals surface area contributed by atoms with E-state index in [0.29, 0.717) is 41.5 Å². The Bertz CT molecular complexity index is 2380. The van der Waals surface area contributed by atoms with E-state index in [0.717, 1.165) is 67.6 Å². The summed E-state index contributed by atoms with van der Waals surface area (Å²) in [7, 11) is 3.75. The van der Waals surface area contributed by atoms with E-state index in [1.54, 1.807) is 36.1 Å². The largest absolute Gasteiger partial charge is 0.507 e. The molecule has 3 aliphatic rings. The number of phenols is 1.